The van der Waals surface area contributed by atoms with E-state index in [9.17, 15) is 0 Å². The smallest absolute Gasteiger partial charge is 0.0566 e. The van der Waals surface area contributed by atoms with E-state index < -0.39 is 0 Å². The quantitative estimate of drug-likeness (QED) is 0.438. The Labute approximate surface area is 73.7 Å². The Morgan fingerprint density at radius 3 is 2.75 bits per heavy atom. The van der Waals surface area contributed by atoms with Crippen LogP contribution in [0, 0.1) is 0 Å². The molecule has 0 aliphatic carbocycles. The molecular formula is C10H14N2. The number of rotatable bonds is 5. The van der Waals surface area contributed by atoms with Crippen molar-refractivity contribution < 1.29 is 0 Å². The van der Waals surface area contributed by atoms with Crippen molar-refractivity contribution in [3.8, 4) is 0 Å². The molecule has 0 saturated heterocycles. The zero-order valence-electron chi connectivity index (χ0n) is 7.40. The summed E-state index contributed by atoms with van der Waals surface area (Å²) in [6, 6.07) is 0. The SMILES string of the molecule is C=NC/C=C\C=C/C(=C)/N=C\C. The van der Waals surface area contributed by atoms with E-state index in [4.69, 9.17) is 0 Å². The van der Waals surface area contributed by atoms with E-state index in [0.29, 0.717) is 6.54 Å². The first-order chi connectivity index (χ1) is 5.81. The van der Waals surface area contributed by atoms with Crippen LogP contribution in [0.25, 0.3) is 0 Å². The number of hydrogen-bond acceptors (Lipinski definition) is 2. The summed E-state index contributed by atoms with van der Waals surface area (Å²) in [7, 11) is 0. The summed E-state index contributed by atoms with van der Waals surface area (Å²) in [5, 5.41) is 0. The fourth-order valence-corrected chi connectivity index (χ4v) is 0.589. The van der Waals surface area contributed by atoms with E-state index in [2.05, 4.69) is 23.3 Å². The molecule has 0 N–H and O–H groups in total. The van der Waals surface area contributed by atoms with Crippen molar-refractivity contribution in [3.63, 3.8) is 0 Å². The molecule has 2 heteroatoms. The van der Waals surface area contributed by atoms with Gasteiger partial charge in [-0.1, -0.05) is 24.8 Å². The van der Waals surface area contributed by atoms with E-state index in [1.54, 1.807) is 6.21 Å². The Hall–Kier alpha value is -1.44. The monoisotopic (exact) mass is 162 g/mol. The Kier molecular flexibility index (Phi) is 6.74. The molecule has 0 atom stereocenters. The second-order valence-electron chi connectivity index (χ2n) is 2.07. The molecule has 0 saturated carbocycles. The van der Waals surface area contributed by atoms with Crippen LogP contribution in [-0.4, -0.2) is 19.5 Å². The van der Waals surface area contributed by atoms with Crippen LogP contribution in [0.4, 0.5) is 0 Å². The van der Waals surface area contributed by atoms with Gasteiger partial charge in [-0.2, -0.15) is 0 Å². The summed E-state index contributed by atoms with van der Waals surface area (Å²) in [4.78, 5) is 7.63. The van der Waals surface area contributed by atoms with Gasteiger partial charge in [0.1, 0.15) is 0 Å². The molecule has 0 bridgehead atoms. The average Bonchev–Trinajstić information content (AvgIpc) is 2.05. The number of allylic oxidation sites excluding steroid dienone is 3. The molecule has 0 aliphatic heterocycles. The molecule has 64 valence electrons. The van der Waals surface area contributed by atoms with Crippen molar-refractivity contribution in [2.45, 2.75) is 6.92 Å². The van der Waals surface area contributed by atoms with Gasteiger partial charge in [0.05, 0.1) is 12.2 Å². The Bertz CT molecular complexity index is 222. The van der Waals surface area contributed by atoms with Crippen molar-refractivity contribution in [2.24, 2.45) is 9.98 Å². The van der Waals surface area contributed by atoms with Crippen LogP contribution in [0.15, 0.2) is 46.6 Å². The highest BCUT2D eigenvalue weighted by Crippen LogP contribution is 1.93. The first-order valence-corrected chi connectivity index (χ1v) is 3.74. The zero-order chi connectivity index (χ0) is 9.23. The van der Waals surface area contributed by atoms with Crippen LogP contribution in [0.1, 0.15) is 6.92 Å². The van der Waals surface area contributed by atoms with Gasteiger partial charge in [-0.25, -0.2) is 0 Å². The Morgan fingerprint density at radius 2 is 2.17 bits per heavy atom. The van der Waals surface area contributed by atoms with Gasteiger partial charge in [0, 0.05) is 6.21 Å². The number of aliphatic imine (C=N–C) groups is 2. The minimum Gasteiger partial charge on any atom is -0.297 e. The highest BCUT2D eigenvalue weighted by molar-refractivity contribution is 5.55. The standard InChI is InChI=1S/C10H14N2/c1-4-12-10(2)8-6-5-7-9-11-3/h4-8H,2-3,9H2,1H3/b7-5-,8-6-,12-4-. The van der Waals surface area contributed by atoms with Crippen molar-refractivity contribution in [1.82, 2.24) is 0 Å². The normalized spacial score (nSPS) is 11.8. The van der Waals surface area contributed by atoms with Crippen molar-refractivity contribution in [1.29, 1.82) is 0 Å². The van der Waals surface area contributed by atoms with Crippen molar-refractivity contribution in [3.05, 3.63) is 36.6 Å². The van der Waals surface area contributed by atoms with Crippen LogP contribution < -0.4 is 0 Å². The molecule has 0 unspecified atom stereocenters. The zero-order valence-corrected chi connectivity index (χ0v) is 7.40. The molecule has 0 heterocycles. The lowest BCUT2D eigenvalue weighted by Crippen LogP contribution is -1.68. The van der Waals surface area contributed by atoms with Crippen molar-refractivity contribution >= 4 is 12.9 Å². The van der Waals surface area contributed by atoms with Crippen molar-refractivity contribution in [2.75, 3.05) is 6.54 Å². The molecule has 0 fully saturated rings. The van der Waals surface area contributed by atoms with Crippen LogP contribution in [-0.2, 0) is 0 Å². The van der Waals surface area contributed by atoms with E-state index >= 15 is 0 Å². The molecule has 0 amide bonds. The third-order valence-corrected chi connectivity index (χ3v) is 1.07. The maximum Gasteiger partial charge on any atom is 0.0566 e. The molecule has 0 aromatic carbocycles. The average molecular weight is 162 g/mol. The van der Waals surface area contributed by atoms with Gasteiger partial charge in [-0.05, 0) is 19.7 Å². The highest BCUT2D eigenvalue weighted by Gasteiger charge is 1.75. The summed E-state index contributed by atoms with van der Waals surface area (Å²) >= 11 is 0. The molecule has 0 radical (unpaired) electrons. The van der Waals surface area contributed by atoms with E-state index in [-0.39, 0.29) is 0 Å². The van der Waals surface area contributed by atoms with Gasteiger partial charge in [0.15, 0.2) is 0 Å². The lowest BCUT2D eigenvalue weighted by atomic mass is 10.4. The fourth-order valence-electron chi connectivity index (χ4n) is 0.589. The lowest BCUT2D eigenvalue weighted by Gasteiger charge is -1.84. The molecule has 0 aromatic heterocycles. The summed E-state index contributed by atoms with van der Waals surface area (Å²) in [5.74, 6) is 0. The van der Waals surface area contributed by atoms with Gasteiger partial charge in [-0.15, -0.1) is 0 Å². The van der Waals surface area contributed by atoms with E-state index in [1.165, 1.54) is 0 Å². The van der Waals surface area contributed by atoms with E-state index in [1.807, 2.05) is 31.2 Å². The van der Waals surface area contributed by atoms with E-state index in [0.717, 1.165) is 5.70 Å². The third-order valence-electron chi connectivity index (χ3n) is 1.07. The first-order valence-electron chi connectivity index (χ1n) is 3.74. The molecule has 2 nitrogen and oxygen atoms in total. The largest absolute Gasteiger partial charge is 0.297 e. The van der Waals surface area contributed by atoms with Gasteiger partial charge in [0.2, 0.25) is 0 Å². The highest BCUT2D eigenvalue weighted by atomic mass is 14.7. The Morgan fingerprint density at radius 1 is 1.42 bits per heavy atom. The summed E-state index contributed by atoms with van der Waals surface area (Å²) in [6.45, 7) is 9.57. The number of hydrogen-bond donors (Lipinski definition) is 0. The lowest BCUT2D eigenvalue weighted by molar-refractivity contribution is 1.27. The summed E-state index contributed by atoms with van der Waals surface area (Å²) in [5.41, 5.74) is 0.744. The first kappa shape index (κ1) is 10.6. The minimum absolute atomic E-state index is 0.647. The molecule has 0 spiro atoms. The van der Waals surface area contributed by atoms with Gasteiger partial charge in [0.25, 0.3) is 0 Å². The second-order valence-corrected chi connectivity index (χ2v) is 2.07. The molecule has 0 rings (SSSR count). The predicted molar refractivity (Wildman–Crippen MR) is 56.0 cm³/mol. The number of nitrogens with zero attached hydrogens (tertiary/aromatic N) is 2. The minimum atomic E-state index is 0.647. The maximum atomic E-state index is 3.97. The molecular weight excluding hydrogens is 148 g/mol. The third kappa shape index (κ3) is 6.68. The molecule has 0 aromatic rings. The topological polar surface area (TPSA) is 24.7 Å². The fraction of sp³-hybridized carbons (Fsp3) is 0.200. The molecule has 0 aliphatic rings. The Balaban J connectivity index is 3.75. The van der Waals surface area contributed by atoms with Gasteiger partial charge in [-0.3, -0.25) is 9.98 Å². The van der Waals surface area contributed by atoms with Crippen LogP contribution in [0.5, 0.6) is 0 Å². The maximum absolute atomic E-state index is 3.97. The van der Waals surface area contributed by atoms with Gasteiger partial charge >= 0.3 is 0 Å². The van der Waals surface area contributed by atoms with Crippen LogP contribution >= 0.6 is 0 Å². The summed E-state index contributed by atoms with van der Waals surface area (Å²) in [6.07, 6.45) is 9.22. The molecule has 12 heavy (non-hydrogen) atoms. The van der Waals surface area contributed by atoms with Crippen LogP contribution in [0.2, 0.25) is 0 Å². The van der Waals surface area contributed by atoms with Crippen LogP contribution in [0.3, 0.4) is 0 Å². The predicted octanol–water partition coefficient (Wildman–Crippen LogP) is 2.40. The summed E-state index contributed by atoms with van der Waals surface area (Å²) < 4.78 is 0. The van der Waals surface area contributed by atoms with Gasteiger partial charge < -0.3 is 0 Å². The second kappa shape index (κ2) is 7.66.